The molecule has 62 valence electrons. The van der Waals surface area contributed by atoms with E-state index >= 15 is 0 Å². The molecule has 0 atom stereocenters. The second-order valence-electron chi connectivity index (χ2n) is 2.58. The maximum Gasteiger partial charge on any atom is 0.205 e. The summed E-state index contributed by atoms with van der Waals surface area (Å²) in [4.78, 5) is 10.9. The molecule has 0 aliphatic carbocycles. The van der Waals surface area contributed by atoms with E-state index in [0.29, 0.717) is 6.42 Å². The first kappa shape index (κ1) is 10.2. The molecule has 0 aliphatic rings. The van der Waals surface area contributed by atoms with Crippen molar-refractivity contribution in [3.05, 3.63) is 0 Å². The van der Waals surface area contributed by atoms with Crippen molar-refractivity contribution >= 4 is 5.78 Å². The zero-order chi connectivity index (χ0) is 8.53. The Bertz CT molecular complexity index is 159. The average molecular weight is 152 g/mol. The largest absolute Gasteiger partial charge is 0.285 e. The zero-order valence-corrected chi connectivity index (χ0v) is 7.44. The van der Waals surface area contributed by atoms with Crippen LogP contribution in [0.25, 0.3) is 0 Å². The van der Waals surface area contributed by atoms with E-state index in [9.17, 15) is 4.79 Å². The minimum absolute atomic E-state index is 0.0975. The van der Waals surface area contributed by atoms with E-state index in [0.717, 1.165) is 25.7 Å². The van der Waals surface area contributed by atoms with Gasteiger partial charge in [-0.15, -0.1) is 0 Å². The van der Waals surface area contributed by atoms with E-state index in [1.54, 1.807) is 0 Å². The van der Waals surface area contributed by atoms with Gasteiger partial charge >= 0.3 is 0 Å². The second kappa shape index (κ2) is 7.34. The fraction of sp³-hybridized carbons (Fsp3) is 0.700. The predicted octanol–water partition coefficient (Wildman–Crippen LogP) is 2.55. The van der Waals surface area contributed by atoms with Crippen LogP contribution in [0.15, 0.2) is 0 Å². The van der Waals surface area contributed by atoms with Crippen molar-refractivity contribution in [3.8, 4) is 11.8 Å². The Morgan fingerprint density at radius 3 is 2.55 bits per heavy atom. The number of unbranched alkanes of at least 4 members (excludes halogenated alkanes) is 2. The predicted molar refractivity (Wildman–Crippen MR) is 47.2 cm³/mol. The first-order chi connectivity index (χ1) is 5.31. The SMILES string of the molecule is CCCC#CC(=O)CCCC. The smallest absolute Gasteiger partial charge is 0.205 e. The van der Waals surface area contributed by atoms with Crippen LogP contribution in [0.2, 0.25) is 0 Å². The summed E-state index contributed by atoms with van der Waals surface area (Å²) in [6, 6.07) is 0. The van der Waals surface area contributed by atoms with Crippen LogP contribution in [-0.2, 0) is 4.79 Å². The molecule has 0 spiro atoms. The number of hydrogen-bond acceptors (Lipinski definition) is 1. The summed E-state index contributed by atoms with van der Waals surface area (Å²) in [7, 11) is 0. The Kier molecular flexibility index (Phi) is 6.82. The van der Waals surface area contributed by atoms with Crippen molar-refractivity contribution in [2.45, 2.75) is 46.0 Å². The molecule has 0 saturated carbocycles. The molecule has 0 saturated heterocycles. The van der Waals surface area contributed by atoms with Crippen LogP contribution in [0.3, 0.4) is 0 Å². The van der Waals surface area contributed by atoms with E-state index in [4.69, 9.17) is 0 Å². The summed E-state index contributed by atoms with van der Waals surface area (Å²) >= 11 is 0. The molecule has 0 radical (unpaired) electrons. The highest BCUT2D eigenvalue weighted by atomic mass is 16.1. The highest BCUT2D eigenvalue weighted by Crippen LogP contribution is 1.94. The summed E-state index contributed by atoms with van der Waals surface area (Å²) in [6.07, 6.45) is 4.56. The highest BCUT2D eigenvalue weighted by molar-refractivity contribution is 5.95. The first-order valence-electron chi connectivity index (χ1n) is 4.33. The van der Waals surface area contributed by atoms with Crippen LogP contribution in [0, 0.1) is 11.8 Å². The van der Waals surface area contributed by atoms with Crippen LogP contribution in [-0.4, -0.2) is 5.78 Å². The molecular weight excluding hydrogens is 136 g/mol. The number of rotatable bonds is 4. The summed E-state index contributed by atoms with van der Waals surface area (Å²) in [5.74, 6) is 5.57. The van der Waals surface area contributed by atoms with Gasteiger partial charge in [0.05, 0.1) is 0 Å². The molecule has 0 amide bonds. The lowest BCUT2D eigenvalue weighted by atomic mass is 10.2. The maximum atomic E-state index is 10.9. The Morgan fingerprint density at radius 2 is 2.00 bits per heavy atom. The molecule has 0 heterocycles. The monoisotopic (exact) mass is 152 g/mol. The minimum Gasteiger partial charge on any atom is -0.285 e. The molecule has 11 heavy (non-hydrogen) atoms. The van der Waals surface area contributed by atoms with Crippen molar-refractivity contribution < 1.29 is 4.79 Å². The fourth-order valence-electron chi connectivity index (χ4n) is 0.686. The van der Waals surface area contributed by atoms with Crippen LogP contribution in [0.4, 0.5) is 0 Å². The summed E-state index contributed by atoms with van der Waals surface area (Å²) < 4.78 is 0. The number of carbonyl (C=O) groups is 1. The third-order valence-corrected chi connectivity index (χ3v) is 1.36. The number of ketones is 1. The zero-order valence-electron chi connectivity index (χ0n) is 7.44. The van der Waals surface area contributed by atoms with Gasteiger partial charge in [-0.3, -0.25) is 4.79 Å². The van der Waals surface area contributed by atoms with Crippen molar-refractivity contribution in [3.63, 3.8) is 0 Å². The fourth-order valence-corrected chi connectivity index (χ4v) is 0.686. The molecule has 0 aliphatic heterocycles. The lowest BCUT2D eigenvalue weighted by molar-refractivity contribution is -0.113. The van der Waals surface area contributed by atoms with Crippen molar-refractivity contribution in [2.24, 2.45) is 0 Å². The number of hydrogen-bond donors (Lipinski definition) is 0. The molecule has 0 N–H and O–H groups in total. The highest BCUT2D eigenvalue weighted by Gasteiger charge is 1.92. The topological polar surface area (TPSA) is 17.1 Å². The third kappa shape index (κ3) is 7.12. The van der Waals surface area contributed by atoms with Crippen LogP contribution in [0.1, 0.15) is 46.0 Å². The van der Waals surface area contributed by atoms with Crippen LogP contribution >= 0.6 is 0 Å². The molecule has 0 rings (SSSR count). The Hall–Kier alpha value is -0.770. The van der Waals surface area contributed by atoms with Crippen LogP contribution in [0.5, 0.6) is 0 Å². The van der Waals surface area contributed by atoms with Gasteiger partial charge in [-0.1, -0.05) is 26.2 Å². The Morgan fingerprint density at radius 1 is 1.27 bits per heavy atom. The van der Waals surface area contributed by atoms with Crippen molar-refractivity contribution in [2.75, 3.05) is 0 Å². The number of carbonyl (C=O) groups excluding carboxylic acids is 1. The molecule has 1 heteroatoms. The first-order valence-corrected chi connectivity index (χ1v) is 4.33. The van der Waals surface area contributed by atoms with Gasteiger partial charge in [0.2, 0.25) is 5.78 Å². The molecule has 0 fully saturated rings. The molecule has 1 nitrogen and oxygen atoms in total. The standard InChI is InChI=1S/C10H16O/c1-3-5-7-9-10(11)8-6-4-2/h3-6,8H2,1-2H3. The molecule has 0 aromatic rings. The van der Waals surface area contributed by atoms with Gasteiger partial charge < -0.3 is 0 Å². The molecule has 0 aromatic carbocycles. The number of Topliss-reactive ketones (excluding diaryl/α,β-unsaturated/α-hetero) is 1. The quantitative estimate of drug-likeness (QED) is 0.447. The molecular formula is C10H16O. The van der Waals surface area contributed by atoms with Crippen LogP contribution < -0.4 is 0 Å². The second-order valence-corrected chi connectivity index (χ2v) is 2.58. The van der Waals surface area contributed by atoms with E-state index < -0.39 is 0 Å². The lowest BCUT2D eigenvalue weighted by Crippen LogP contribution is -1.91. The third-order valence-electron chi connectivity index (χ3n) is 1.36. The van der Waals surface area contributed by atoms with Gasteiger partial charge in [0, 0.05) is 12.8 Å². The van der Waals surface area contributed by atoms with Gasteiger partial charge in [-0.2, -0.15) is 0 Å². The Balaban J connectivity index is 3.45. The van der Waals surface area contributed by atoms with E-state index in [-0.39, 0.29) is 5.78 Å². The molecule has 0 bridgehead atoms. The maximum absolute atomic E-state index is 10.9. The lowest BCUT2D eigenvalue weighted by Gasteiger charge is -1.87. The van der Waals surface area contributed by atoms with Crippen molar-refractivity contribution in [1.29, 1.82) is 0 Å². The van der Waals surface area contributed by atoms with Gasteiger partial charge in [0.15, 0.2) is 0 Å². The Labute approximate surface area is 69.2 Å². The molecule has 0 unspecified atom stereocenters. The van der Waals surface area contributed by atoms with Gasteiger partial charge in [-0.05, 0) is 18.8 Å². The van der Waals surface area contributed by atoms with Gasteiger partial charge in [0.1, 0.15) is 0 Å². The summed E-state index contributed by atoms with van der Waals surface area (Å²) in [5, 5.41) is 0. The normalized spacial score (nSPS) is 8.55. The summed E-state index contributed by atoms with van der Waals surface area (Å²) in [6.45, 7) is 4.14. The van der Waals surface area contributed by atoms with E-state index in [2.05, 4.69) is 25.7 Å². The minimum atomic E-state index is 0.0975. The summed E-state index contributed by atoms with van der Waals surface area (Å²) in [5.41, 5.74) is 0. The van der Waals surface area contributed by atoms with Gasteiger partial charge in [-0.25, -0.2) is 0 Å². The molecule has 0 aromatic heterocycles. The van der Waals surface area contributed by atoms with E-state index in [1.807, 2.05) is 0 Å². The van der Waals surface area contributed by atoms with E-state index in [1.165, 1.54) is 0 Å². The van der Waals surface area contributed by atoms with Gasteiger partial charge in [0.25, 0.3) is 0 Å². The average Bonchev–Trinajstić information content (AvgIpc) is 2.01. The van der Waals surface area contributed by atoms with Crippen molar-refractivity contribution in [1.82, 2.24) is 0 Å².